The fourth-order valence-corrected chi connectivity index (χ4v) is 3.19. The van der Waals surface area contributed by atoms with Crippen molar-refractivity contribution in [1.29, 1.82) is 0 Å². The van der Waals surface area contributed by atoms with E-state index in [0.717, 1.165) is 4.90 Å². The van der Waals surface area contributed by atoms with Crippen molar-refractivity contribution >= 4 is 16.5 Å². The molecule has 0 aliphatic carbocycles. The van der Waals surface area contributed by atoms with E-state index in [-0.39, 0.29) is 5.92 Å². The first-order valence-electron chi connectivity index (χ1n) is 5.95. The molecule has 0 heterocycles. The summed E-state index contributed by atoms with van der Waals surface area (Å²) >= 11 is 0. The molecule has 0 fully saturated rings. The number of benzene rings is 2. The number of nitrogens with two attached hydrogens (primary N) is 1. The van der Waals surface area contributed by atoms with Crippen molar-refractivity contribution in [2.75, 3.05) is 11.5 Å². The second-order valence-corrected chi connectivity index (χ2v) is 5.89. The molecule has 2 rings (SSSR count). The molecule has 0 aliphatic heterocycles. The third-order valence-corrected chi connectivity index (χ3v) is 4.47. The van der Waals surface area contributed by atoms with Crippen molar-refractivity contribution in [3.8, 4) is 0 Å². The summed E-state index contributed by atoms with van der Waals surface area (Å²) in [5.41, 5.74) is 7.58. The van der Waals surface area contributed by atoms with Crippen molar-refractivity contribution in [2.45, 2.75) is 17.7 Å². The second-order valence-electron chi connectivity index (χ2n) is 4.40. The molecule has 0 amide bonds. The van der Waals surface area contributed by atoms with Crippen LogP contribution in [0, 0.1) is 0 Å². The van der Waals surface area contributed by atoms with E-state index in [9.17, 15) is 4.21 Å². The zero-order valence-corrected chi connectivity index (χ0v) is 11.2. The lowest BCUT2D eigenvalue weighted by molar-refractivity contribution is 0.677. The first kappa shape index (κ1) is 12.8. The van der Waals surface area contributed by atoms with Crippen molar-refractivity contribution in [3.05, 3.63) is 60.2 Å². The third kappa shape index (κ3) is 3.20. The molecule has 2 unspecified atom stereocenters. The van der Waals surface area contributed by atoms with Crippen molar-refractivity contribution in [2.24, 2.45) is 0 Å². The molecule has 2 nitrogen and oxygen atoms in total. The lowest BCUT2D eigenvalue weighted by Crippen LogP contribution is -2.07. The van der Waals surface area contributed by atoms with Crippen LogP contribution in [-0.4, -0.2) is 9.96 Å². The molecule has 2 atom stereocenters. The molecule has 2 N–H and O–H groups in total. The summed E-state index contributed by atoms with van der Waals surface area (Å²) in [4.78, 5) is 0.804. The minimum absolute atomic E-state index is 0.272. The van der Waals surface area contributed by atoms with Crippen LogP contribution < -0.4 is 5.73 Å². The van der Waals surface area contributed by atoms with E-state index < -0.39 is 10.8 Å². The molecule has 18 heavy (non-hydrogen) atoms. The third-order valence-electron chi connectivity index (χ3n) is 2.89. The first-order chi connectivity index (χ1) is 8.66. The average Bonchev–Trinajstić information content (AvgIpc) is 2.39. The van der Waals surface area contributed by atoms with Crippen LogP contribution in [0.5, 0.6) is 0 Å². The fraction of sp³-hybridized carbons (Fsp3) is 0.200. The summed E-state index contributed by atoms with van der Waals surface area (Å²) in [7, 11) is -1.00. The Morgan fingerprint density at radius 3 is 2.50 bits per heavy atom. The predicted octanol–water partition coefficient (Wildman–Crippen LogP) is 3.18. The van der Waals surface area contributed by atoms with E-state index in [1.807, 2.05) is 30.3 Å². The maximum absolute atomic E-state index is 12.2. The SMILES string of the molecule is CC(CS(=O)c1cccc(N)c1)c1ccccc1. The van der Waals surface area contributed by atoms with Gasteiger partial charge in [0.25, 0.3) is 0 Å². The predicted molar refractivity (Wildman–Crippen MR) is 77.0 cm³/mol. The van der Waals surface area contributed by atoms with Gasteiger partial charge in [-0.25, -0.2) is 0 Å². The molecule has 2 aromatic carbocycles. The highest BCUT2D eigenvalue weighted by molar-refractivity contribution is 7.85. The highest BCUT2D eigenvalue weighted by atomic mass is 32.2. The molecule has 3 heteroatoms. The quantitative estimate of drug-likeness (QED) is 0.857. The van der Waals surface area contributed by atoms with Gasteiger partial charge in [-0.2, -0.15) is 0 Å². The molecule has 0 bridgehead atoms. The monoisotopic (exact) mass is 259 g/mol. The van der Waals surface area contributed by atoms with Crippen LogP contribution in [0.15, 0.2) is 59.5 Å². The van der Waals surface area contributed by atoms with Gasteiger partial charge in [-0.15, -0.1) is 0 Å². The molecule has 0 saturated heterocycles. The molecule has 0 aromatic heterocycles. The number of anilines is 1. The van der Waals surface area contributed by atoms with Crippen LogP contribution in [0.3, 0.4) is 0 Å². The summed E-state index contributed by atoms with van der Waals surface area (Å²) in [6.07, 6.45) is 0. The number of hydrogen-bond acceptors (Lipinski definition) is 2. The molecule has 2 aromatic rings. The standard InChI is InChI=1S/C15H17NOS/c1-12(13-6-3-2-4-7-13)11-18(17)15-9-5-8-14(16)10-15/h2-10,12H,11,16H2,1H3. The zero-order valence-electron chi connectivity index (χ0n) is 10.4. The summed E-state index contributed by atoms with van der Waals surface area (Å²) in [6, 6.07) is 17.5. The van der Waals surface area contributed by atoms with Crippen LogP contribution in [-0.2, 0) is 10.8 Å². The lowest BCUT2D eigenvalue weighted by Gasteiger charge is -2.11. The van der Waals surface area contributed by atoms with E-state index in [1.165, 1.54) is 5.56 Å². The van der Waals surface area contributed by atoms with Gasteiger partial charge in [-0.1, -0.05) is 43.3 Å². The summed E-state index contributed by atoms with van der Waals surface area (Å²) in [5.74, 6) is 0.890. The van der Waals surface area contributed by atoms with E-state index in [4.69, 9.17) is 5.73 Å². The van der Waals surface area contributed by atoms with E-state index in [0.29, 0.717) is 11.4 Å². The van der Waals surface area contributed by atoms with Gasteiger partial charge in [0.15, 0.2) is 0 Å². The molecule has 0 spiro atoms. The number of hydrogen-bond donors (Lipinski definition) is 1. The lowest BCUT2D eigenvalue weighted by atomic mass is 10.0. The Morgan fingerprint density at radius 1 is 1.11 bits per heavy atom. The summed E-state index contributed by atoms with van der Waals surface area (Å²) < 4.78 is 12.2. The molecular weight excluding hydrogens is 242 g/mol. The van der Waals surface area contributed by atoms with Crippen molar-refractivity contribution in [1.82, 2.24) is 0 Å². The van der Waals surface area contributed by atoms with Crippen LogP contribution in [0.25, 0.3) is 0 Å². The van der Waals surface area contributed by atoms with Crippen LogP contribution in [0.2, 0.25) is 0 Å². The highest BCUT2D eigenvalue weighted by Crippen LogP contribution is 2.19. The first-order valence-corrected chi connectivity index (χ1v) is 7.27. The Hall–Kier alpha value is -1.61. The van der Waals surface area contributed by atoms with Gasteiger partial charge in [0, 0.05) is 16.3 Å². The molecular formula is C15H17NOS. The van der Waals surface area contributed by atoms with Crippen molar-refractivity contribution < 1.29 is 4.21 Å². The van der Waals surface area contributed by atoms with Gasteiger partial charge < -0.3 is 5.73 Å². The zero-order chi connectivity index (χ0) is 13.0. The smallest absolute Gasteiger partial charge is 0.0536 e. The fourth-order valence-electron chi connectivity index (χ4n) is 1.86. The maximum atomic E-state index is 12.2. The second kappa shape index (κ2) is 5.83. The number of rotatable bonds is 4. The van der Waals surface area contributed by atoms with Gasteiger partial charge >= 0.3 is 0 Å². The van der Waals surface area contributed by atoms with E-state index >= 15 is 0 Å². The Balaban J connectivity index is 2.08. The Kier molecular flexibility index (Phi) is 4.15. The van der Waals surface area contributed by atoms with Crippen LogP contribution in [0.4, 0.5) is 5.69 Å². The molecule has 94 valence electrons. The van der Waals surface area contributed by atoms with Gasteiger partial charge in [0.05, 0.1) is 10.8 Å². The Morgan fingerprint density at radius 2 is 1.83 bits per heavy atom. The minimum Gasteiger partial charge on any atom is -0.399 e. The largest absolute Gasteiger partial charge is 0.399 e. The molecule has 0 saturated carbocycles. The van der Waals surface area contributed by atoms with Gasteiger partial charge in [-0.05, 0) is 29.7 Å². The summed E-state index contributed by atoms with van der Waals surface area (Å²) in [5, 5.41) is 0. The topological polar surface area (TPSA) is 43.1 Å². The highest BCUT2D eigenvalue weighted by Gasteiger charge is 2.11. The van der Waals surface area contributed by atoms with Gasteiger partial charge in [-0.3, -0.25) is 4.21 Å². The van der Waals surface area contributed by atoms with E-state index in [1.54, 1.807) is 12.1 Å². The van der Waals surface area contributed by atoms with E-state index in [2.05, 4.69) is 19.1 Å². The minimum atomic E-state index is -1.00. The Labute approximate surface area is 110 Å². The van der Waals surface area contributed by atoms with Crippen LogP contribution in [0.1, 0.15) is 18.4 Å². The van der Waals surface area contributed by atoms with Crippen LogP contribution >= 0.6 is 0 Å². The van der Waals surface area contributed by atoms with Gasteiger partial charge in [0.2, 0.25) is 0 Å². The van der Waals surface area contributed by atoms with Gasteiger partial charge in [0.1, 0.15) is 0 Å². The average molecular weight is 259 g/mol. The Bertz CT molecular complexity index is 539. The summed E-state index contributed by atoms with van der Waals surface area (Å²) in [6.45, 7) is 2.10. The maximum Gasteiger partial charge on any atom is 0.0536 e. The van der Waals surface area contributed by atoms with Crippen molar-refractivity contribution in [3.63, 3.8) is 0 Å². The number of nitrogen functional groups attached to an aromatic ring is 1. The molecule has 0 aliphatic rings. The molecule has 0 radical (unpaired) electrons. The normalized spacial score (nSPS) is 14.1.